The molecule has 2 aromatic rings. The number of benzene rings is 1. The van der Waals surface area contributed by atoms with E-state index in [0.717, 1.165) is 30.3 Å². The Kier molecular flexibility index (Phi) is 3.43. The Bertz CT molecular complexity index is 523. The van der Waals surface area contributed by atoms with E-state index in [9.17, 15) is 4.79 Å². The largest absolute Gasteiger partial charge is 0.461 e. The van der Waals surface area contributed by atoms with Crippen molar-refractivity contribution in [2.45, 2.75) is 26.7 Å². The van der Waals surface area contributed by atoms with Gasteiger partial charge in [0.25, 0.3) is 0 Å². The molecule has 0 saturated heterocycles. The first kappa shape index (κ1) is 11.6. The van der Waals surface area contributed by atoms with Crippen LogP contribution in [-0.2, 0) is 12.8 Å². The van der Waals surface area contributed by atoms with Crippen LogP contribution in [0.25, 0.3) is 11.1 Å². The molecule has 0 saturated carbocycles. The van der Waals surface area contributed by atoms with Crippen LogP contribution in [-0.4, -0.2) is 6.29 Å². The fourth-order valence-corrected chi connectivity index (χ4v) is 2.04. The average Bonchev–Trinajstić information content (AvgIpc) is 2.86. The highest BCUT2D eigenvalue weighted by molar-refractivity contribution is 5.85. The van der Waals surface area contributed by atoms with E-state index >= 15 is 0 Å². The van der Waals surface area contributed by atoms with E-state index in [-0.39, 0.29) is 0 Å². The fourth-order valence-electron chi connectivity index (χ4n) is 2.04. The number of aryl methyl sites for hydroxylation is 2. The lowest BCUT2D eigenvalue weighted by molar-refractivity contribution is 0.110. The van der Waals surface area contributed by atoms with Gasteiger partial charge in [-0.15, -0.1) is 0 Å². The molecule has 1 heterocycles. The molecule has 2 nitrogen and oxygen atoms in total. The van der Waals surface area contributed by atoms with Crippen molar-refractivity contribution in [3.8, 4) is 11.1 Å². The Balaban J connectivity index is 2.59. The summed E-state index contributed by atoms with van der Waals surface area (Å²) in [6.07, 6.45) is 4.28. The maximum absolute atomic E-state index is 10.9. The van der Waals surface area contributed by atoms with Crippen LogP contribution in [0.15, 0.2) is 34.9 Å². The molecule has 0 spiro atoms. The van der Waals surface area contributed by atoms with Gasteiger partial charge in [0.15, 0.2) is 12.0 Å². The minimum absolute atomic E-state index is 0.410. The van der Waals surface area contributed by atoms with Gasteiger partial charge in [-0.1, -0.05) is 32.0 Å². The molecule has 0 atom stereocenters. The molecule has 88 valence electrons. The maximum atomic E-state index is 10.9. The molecular weight excluding hydrogens is 212 g/mol. The predicted octanol–water partition coefficient (Wildman–Crippen LogP) is 3.88. The third kappa shape index (κ3) is 2.16. The summed E-state index contributed by atoms with van der Waals surface area (Å²) in [6.45, 7) is 4.24. The third-order valence-electron chi connectivity index (χ3n) is 3.06. The van der Waals surface area contributed by atoms with Crippen LogP contribution in [0.1, 0.15) is 35.5 Å². The Labute approximate surface area is 101 Å². The molecule has 0 unspecified atom stereocenters. The van der Waals surface area contributed by atoms with Crippen LogP contribution in [0.5, 0.6) is 0 Å². The van der Waals surface area contributed by atoms with Crippen molar-refractivity contribution in [3.63, 3.8) is 0 Å². The lowest BCUT2D eigenvalue weighted by atomic mass is 9.95. The van der Waals surface area contributed by atoms with Crippen molar-refractivity contribution in [1.82, 2.24) is 0 Å². The Hall–Kier alpha value is -1.83. The second kappa shape index (κ2) is 5.00. The van der Waals surface area contributed by atoms with E-state index in [1.165, 1.54) is 11.1 Å². The predicted molar refractivity (Wildman–Crippen MR) is 68.3 cm³/mol. The third-order valence-corrected chi connectivity index (χ3v) is 3.06. The van der Waals surface area contributed by atoms with Crippen molar-refractivity contribution in [2.24, 2.45) is 0 Å². The molecule has 0 aliphatic heterocycles. The van der Waals surface area contributed by atoms with Gasteiger partial charge in [-0.05, 0) is 35.6 Å². The summed E-state index contributed by atoms with van der Waals surface area (Å²) in [7, 11) is 0. The van der Waals surface area contributed by atoms with Crippen molar-refractivity contribution in [1.29, 1.82) is 0 Å². The summed E-state index contributed by atoms with van der Waals surface area (Å²) in [5.41, 5.74) is 4.52. The lowest BCUT2D eigenvalue weighted by Gasteiger charge is -2.08. The Morgan fingerprint density at radius 1 is 1.12 bits per heavy atom. The maximum Gasteiger partial charge on any atom is 0.185 e. The number of carbonyl (C=O) groups is 1. The van der Waals surface area contributed by atoms with E-state index in [0.29, 0.717) is 5.76 Å². The van der Waals surface area contributed by atoms with E-state index < -0.39 is 0 Å². The van der Waals surface area contributed by atoms with Gasteiger partial charge in [0.2, 0.25) is 0 Å². The number of hydrogen-bond donors (Lipinski definition) is 0. The molecule has 2 rings (SSSR count). The number of carbonyl (C=O) groups excluding carboxylic acids is 1. The summed E-state index contributed by atoms with van der Waals surface area (Å²) < 4.78 is 5.17. The first-order valence-electron chi connectivity index (χ1n) is 5.95. The molecule has 0 N–H and O–H groups in total. The van der Waals surface area contributed by atoms with Crippen LogP contribution >= 0.6 is 0 Å². The Morgan fingerprint density at radius 3 is 2.59 bits per heavy atom. The van der Waals surface area contributed by atoms with Crippen molar-refractivity contribution in [3.05, 3.63) is 47.4 Å². The normalized spacial score (nSPS) is 10.5. The first-order chi connectivity index (χ1) is 8.30. The summed E-state index contributed by atoms with van der Waals surface area (Å²) in [4.78, 5) is 10.9. The highest BCUT2D eigenvalue weighted by Crippen LogP contribution is 2.29. The molecule has 17 heavy (non-hydrogen) atoms. The van der Waals surface area contributed by atoms with Gasteiger partial charge >= 0.3 is 0 Å². The van der Waals surface area contributed by atoms with Gasteiger partial charge in [-0.25, -0.2) is 0 Å². The van der Waals surface area contributed by atoms with Gasteiger partial charge < -0.3 is 4.42 Å². The zero-order valence-corrected chi connectivity index (χ0v) is 10.2. The van der Waals surface area contributed by atoms with Gasteiger partial charge in [-0.3, -0.25) is 4.79 Å². The van der Waals surface area contributed by atoms with Crippen molar-refractivity contribution in [2.75, 3.05) is 0 Å². The minimum Gasteiger partial charge on any atom is -0.461 e. The topological polar surface area (TPSA) is 30.2 Å². The summed E-state index contributed by atoms with van der Waals surface area (Å²) in [5.74, 6) is 0.410. The molecule has 0 bridgehead atoms. The molecule has 0 aliphatic rings. The second-order valence-corrected chi connectivity index (χ2v) is 4.01. The summed E-state index contributed by atoms with van der Waals surface area (Å²) in [6, 6.07) is 8.28. The monoisotopic (exact) mass is 228 g/mol. The zero-order valence-electron chi connectivity index (χ0n) is 10.2. The number of hydrogen-bond acceptors (Lipinski definition) is 2. The number of aldehydes is 1. The standard InChI is InChI=1S/C15H16O2/c1-3-11-5-6-12(4-2)14(9-11)13-7-8-17-15(13)10-16/h5-10H,3-4H2,1-2H3. The molecule has 0 radical (unpaired) electrons. The van der Waals surface area contributed by atoms with E-state index in [1.54, 1.807) is 6.26 Å². The molecular formula is C15H16O2. The minimum atomic E-state index is 0.410. The second-order valence-electron chi connectivity index (χ2n) is 4.01. The van der Waals surface area contributed by atoms with Gasteiger partial charge in [0, 0.05) is 5.56 Å². The van der Waals surface area contributed by atoms with Gasteiger partial charge in [0.1, 0.15) is 0 Å². The van der Waals surface area contributed by atoms with Crippen LogP contribution in [0, 0.1) is 0 Å². The molecule has 0 amide bonds. The quantitative estimate of drug-likeness (QED) is 0.743. The van der Waals surface area contributed by atoms with Crippen LogP contribution in [0.4, 0.5) is 0 Å². The zero-order chi connectivity index (χ0) is 12.3. The SMILES string of the molecule is CCc1ccc(CC)c(-c2ccoc2C=O)c1. The molecule has 0 aliphatic carbocycles. The molecule has 2 heteroatoms. The van der Waals surface area contributed by atoms with Crippen LogP contribution < -0.4 is 0 Å². The molecule has 0 fully saturated rings. The van der Waals surface area contributed by atoms with E-state index in [2.05, 4.69) is 32.0 Å². The Morgan fingerprint density at radius 2 is 1.94 bits per heavy atom. The number of rotatable bonds is 4. The van der Waals surface area contributed by atoms with Crippen molar-refractivity contribution < 1.29 is 9.21 Å². The van der Waals surface area contributed by atoms with Gasteiger partial charge in [-0.2, -0.15) is 0 Å². The van der Waals surface area contributed by atoms with Crippen molar-refractivity contribution >= 4 is 6.29 Å². The highest BCUT2D eigenvalue weighted by atomic mass is 16.3. The molecule has 1 aromatic carbocycles. The molecule has 1 aromatic heterocycles. The average molecular weight is 228 g/mol. The van der Waals surface area contributed by atoms with E-state index in [4.69, 9.17) is 4.42 Å². The summed E-state index contributed by atoms with van der Waals surface area (Å²) in [5, 5.41) is 0. The van der Waals surface area contributed by atoms with E-state index in [1.807, 2.05) is 6.07 Å². The van der Waals surface area contributed by atoms with Crippen LogP contribution in [0.3, 0.4) is 0 Å². The number of furan rings is 1. The smallest absolute Gasteiger partial charge is 0.185 e. The lowest BCUT2D eigenvalue weighted by Crippen LogP contribution is -1.92. The van der Waals surface area contributed by atoms with Gasteiger partial charge in [0.05, 0.1) is 6.26 Å². The highest BCUT2D eigenvalue weighted by Gasteiger charge is 2.11. The summed E-state index contributed by atoms with van der Waals surface area (Å²) >= 11 is 0. The van der Waals surface area contributed by atoms with Crippen LogP contribution in [0.2, 0.25) is 0 Å². The first-order valence-corrected chi connectivity index (χ1v) is 5.95. The fraction of sp³-hybridized carbons (Fsp3) is 0.267.